The lowest BCUT2D eigenvalue weighted by atomic mass is 9.78. The lowest BCUT2D eigenvalue weighted by Crippen LogP contribution is -2.46. The number of aromatic nitrogens is 1. The van der Waals surface area contributed by atoms with Crippen LogP contribution in [0.25, 0.3) is 0 Å². The van der Waals surface area contributed by atoms with E-state index in [9.17, 15) is 0 Å². The van der Waals surface area contributed by atoms with Gasteiger partial charge in [-0.25, -0.2) is 0 Å². The molecule has 0 bridgehead atoms. The molecule has 2 fully saturated rings. The fourth-order valence-corrected chi connectivity index (χ4v) is 4.38. The average Bonchev–Trinajstić information content (AvgIpc) is 2.69. The Labute approximate surface area is 107 Å². The number of nitrogen functional groups attached to an aromatic ring is 1. The van der Waals surface area contributed by atoms with Gasteiger partial charge in [0.2, 0.25) is 0 Å². The van der Waals surface area contributed by atoms with Gasteiger partial charge in [0.05, 0.1) is 0 Å². The summed E-state index contributed by atoms with van der Waals surface area (Å²) in [4.78, 5) is 2.61. The van der Waals surface area contributed by atoms with Gasteiger partial charge in [-0.3, -0.25) is 0 Å². The Kier molecular flexibility index (Phi) is 2.99. The highest BCUT2D eigenvalue weighted by atomic mass is 32.1. The van der Waals surface area contributed by atoms with Crippen LogP contribution >= 0.6 is 11.5 Å². The fourth-order valence-electron chi connectivity index (χ4n) is 3.48. The first-order valence-corrected chi connectivity index (χ1v) is 7.53. The van der Waals surface area contributed by atoms with Gasteiger partial charge in [0, 0.05) is 18.2 Å². The van der Waals surface area contributed by atoms with Gasteiger partial charge in [0.1, 0.15) is 10.8 Å². The molecule has 0 amide bonds. The van der Waals surface area contributed by atoms with Crippen molar-refractivity contribution in [1.82, 2.24) is 4.37 Å². The molecule has 2 aliphatic rings. The van der Waals surface area contributed by atoms with Gasteiger partial charge in [-0.1, -0.05) is 12.8 Å². The van der Waals surface area contributed by atoms with Gasteiger partial charge in [-0.15, -0.1) is 0 Å². The molecule has 2 N–H and O–H groups in total. The third-order valence-electron chi connectivity index (χ3n) is 4.44. The summed E-state index contributed by atoms with van der Waals surface area (Å²) in [5.41, 5.74) is 7.08. The van der Waals surface area contributed by atoms with Crippen molar-refractivity contribution in [2.24, 2.45) is 5.92 Å². The zero-order chi connectivity index (χ0) is 11.8. The molecule has 3 rings (SSSR count). The van der Waals surface area contributed by atoms with Crippen LogP contribution in [-0.2, 0) is 0 Å². The Balaban J connectivity index is 1.88. The Morgan fingerprint density at radius 3 is 2.76 bits per heavy atom. The predicted octanol–water partition coefficient (Wildman–Crippen LogP) is 3.19. The smallest absolute Gasteiger partial charge is 0.142 e. The van der Waals surface area contributed by atoms with E-state index in [1.54, 1.807) is 11.5 Å². The number of nitrogens with two attached hydrogens (primary N) is 1. The van der Waals surface area contributed by atoms with Crippen LogP contribution in [0.2, 0.25) is 0 Å². The SMILES string of the molecule is Cc1c(N)nsc1N1CCCC2CCCCC21. The second-order valence-corrected chi connectivity index (χ2v) is 6.20. The van der Waals surface area contributed by atoms with E-state index >= 15 is 0 Å². The molecule has 1 aliphatic carbocycles. The summed E-state index contributed by atoms with van der Waals surface area (Å²) < 4.78 is 4.31. The second-order valence-electron chi connectivity index (χ2n) is 5.45. The zero-order valence-corrected chi connectivity index (χ0v) is 11.3. The molecule has 2 unspecified atom stereocenters. The van der Waals surface area contributed by atoms with Crippen molar-refractivity contribution >= 4 is 22.4 Å². The van der Waals surface area contributed by atoms with Gasteiger partial charge in [-0.2, -0.15) is 4.37 Å². The maximum Gasteiger partial charge on any atom is 0.142 e. The van der Waals surface area contributed by atoms with Crippen LogP contribution in [0, 0.1) is 12.8 Å². The molecule has 94 valence electrons. The number of hydrogen-bond donors (Lipinski definition) is 1. The minimum atomic E-state index is 0.725. The third-order valence-corrected chi connectivity index (χ3v) is 5.44. The Morgan fingerprint density at radius 2 is 2.00 bits per heavy atom. The van der Waals surface area contributed by atoms with Crippen LogP contribution in [0.4, 0.5) is 10.8 Å². The van der Waals surface area contributed by atoms with Crippen molar-refractivity contribution in [3.05, 3.63) is 5.56 Å². The number of piperidine rings is 1. The van der Waals surface area contributed by atoms with Gasteiger partial charge in [0.25, 0.3) is 0 Å². The first-order valence-electron chi connectivity index (χ1n) is 6.76. The summed E-state index contributed by atoms with van der Waals surface area (Å²) in [6.07, 6.45) is 8.37. The van der Waals surface area contributed by atoms with Crippen molar-refractivity contribution < 1.29 is 0 Å². The summed E-state index contributed by atoms with van der Waals surface area (Å²) in [6, 6.07) is 0.760. The molecular weight excluding hydrogens is 230 g/mol. The van der Waals surface area contributed by atoms with Crippen molar-refractivity contribution in [3.8, 4) is 0 Å². The summed E-state index contributed by atoms with van der Waals surface area (Å²) in [7, 11) is 0. The first kappa shape index (κ1) is 11.3. The molecule has 1 saturated heterocycles. The number of rotatable bonds is 1. The lowest BCUT2D eigenvalue weighted by molar-refractivity contribution is 0.244. The maximum absolute atomic E-state index is 5.89. The van der Waals surface area contributed by atoms with E-state index in [1.165, 1.54) is 55.6 Å². The lowest BCUT2D eigenvalue weighted by Gasteiger charge is -2.44. The number of anilines is 2. The number of hydrogen-bond acceptors (Lipinski definition) is 4. The van der Waals surface area contributed by atoms with Crippen LogP contribution in [0.5, 0.6) is 0 Å². The van der Waals surface area contributed by atoms with Crippen molar-refractivity contribution in [3.63, 3.8) is 0 Å². The number of nitrogens with zero attached hydrogens (tertiary/aromatic N) is 2. The van der Waals surface area contributed by atoms with E-state index in [4.69, 9.17) is 5.73 Å². The quantitative estimate of drug-likeness (QED) is 0.833. The van der Waals surface area contributed by atoms with E-state index in [2.05, 4.69) is 16.2 Å². The molecule has 1 aromatic heterocycles. The molecule has 2 heterocycles. The highest BCUT2D eigenvalue weighted by Crippen LogP contribution is 2.41. The predicted molar refractivity (Wildman–Crippen MR) is 73.6 cm³/mol. The van der Waals surface area contributed by atoms with E-state index in [0.29, 0.717) is 0 Å². The molecule has 1 aliphatic heterocycles. The average molecular weight is 251 g/mol. The first-order chi connectivity index (χ1) is 8.27. The largest absolute Gasteiger partial charge is 0.383 e. The third kappa shape index (κ3) is 1.92. The molecule has 1 aromatic rings. The van der Waals surface area contributed by atoms with E-state index in [0.717, 1.165) is 17.8 Å². The highest BCUT2D eigenvalue weighted by Gasteiger charge is 2.34. The molecule has 3 nitrogen and oxygen atoms in total. The summed E-state index contributed by atoms with van der Waals surface area (Å²) >= 11 is 1.59. The van der Waals surface area contributed by atoms with E-state index < -0.39 is 0 Å². The molecular formula is C13H21N3S. The van der Waals surface area contributed by atoms with E-state index in [-0.39, 0.29) is 0 Å². The van der Waals surface area contributed by atoms with Crippen molar-refractivity contribution in [2.75, 3.05) is 17.2 Å². The van der Waals surface area contributed by atoms with Gasteiger partial charge < -0.3 is 10.6 Å². The zero-order valence-electron chi connectivity index (χ0n) is 10.5. The van der Waals surface area contributed by atoms with Gasteiger partial charge in [-0.05, 0) is 50.1 Å². The van der Waals surface area contributed by atoms with Crippen LogP contribution in [0.1, 0.15) is 44.1 Å². The maximum atomic E-state index is 5.89. The van der Waals surface area contributed by atoms with E-state index in [1.807, 2.05) is 0 Å². The summed E-state index contributed by atoms with van der Waals surface area (Å²) in [6.45, 7) is 3.31. The molecule has 17 heavy (non-hydrogen) atoms. The minimum Gasteiger partial charge on any atom is -0.383 e. The monoisotopic (exact) mass is 251 g/mol. The summed E-state index contributed by atoms with van der Waals surface area (Å²) in [5.74, 6) is 1.64. The van der Waals surface area contributed by atoms with Crippen LogP contribution in [-0.4, -0.2) is 17.0 Å². The molecule has 4 heteroatoms. The fraction of sp³-hybridized carbons (Fsp3) is 0.769. The summed E-state index contributed by atoms with van der Waals surface area (Å²) in [5, 5.41) is 1.33. The van der Waals surface area contributed by atoms with Gasteiger partial charge >= 0.3 is 0 Å². The standard InChI is InChI=1S/C13H21N3S/c1-9-12(14)15-17-13(9)16-8-4-6-10-5-2-3-7-11(10)16/h10-11H,2-8H2,1H3,(H2,14,15). The molecule has 1 saturated carbocycles. The number of fused-ring (bicyclic) bond motifs is 1. The topological polar surface area (TPSA) is 42.1 Å². The highest BCUT2D eigenvalue weighted by molar-refractivity contribution is 7.10. The van der Waals surface area contributed by atoms with Crippen LogP contribution < -0.4 is 10.6 Å². The second kappa shape index (κ2) is 4.48. The van der Waals surface area contributed by atoms with Crippen LogP contribution in [0.15, 0.2) is 0 Å². The van der Waals surface area contributed by atoms with Crippen LogP contribution in [0.3, 0.4) is 0 Å². The van der Waals surface area contributed by atoms with Crippen molar-refractivity contribution in [2.45, 2.75) is 51.5 Å². The molecule has 0 radical (unpaired) electrons. The molecule has 0 aromatic carbocycles. The minimum absolute atomic E-state index is 0.725. The molecule has 2 atom stereocenters. The Morgan fingerprint density at radius 1 is 1.24 bits per heavy atom. The van der Waals surface area contributed by atoms with Crippen molar-refractivity contribution in [1.29, 1.82) is 0 Å². The molecule has 0 spiro atoms. The van der Waals surface area contributed by atoms with Gasteiger partial charge in [0.15, 0.2) is 0 Å². The Hall–Kier alpha value is -0.770. The Bertz CT molecular complexity index is 399. The normalized spacial score (nSPS) is 29.1.